The van der Waals surface area contributed by atoms with Gasteiger partial charge < -0.3 is 0 Å². The number of carbonyl (C=O) groups is 1. The first-order chi connectivity index (χ1) is 6.67. The van der Waals surface area contributed by atoms with Gasteiger partial charge in [0.25, 0.3) is 0 Å². The molecule has 4 heteroatoms. The zero-order chi connectivity index (χ0) is 10.6. The van der Waals surface area contributed by atoms with E-state index < -0.39 is 6.67 Å². The molecular formula is C10H9BrClFO. The molecule has 0 bridgehead atoms. The van der Waals surface area contributed by atoms with Crippen LogP contribution in [-0.4, -0.2) is 11.1 Å². The second-order valence-corrected chi connectivity index (χ2v) is 3.88. The Labute approximate surface area is 95.4 Å². The summed E-state index contributed by atoms with van der Waals surface area (Å²) in [5, 5.41) is 0.711. The summed E-state index contributed by atoms with van der Waals surface area (Å²) in [7, 11) is 0. The van der Waals surface area contributed by atoms with E-state index in [9.17, 15) is 9.18 Å². The van der Waals surface area contributed by atoms with E-state index in [1.54, 1.807) is 18.2 Å². The number of Topliss-reactive ketones (excluding diaryl/α,β-unsaturated/α-hetero) is 1. The highest BCUT2D eigenvalue weighted by atomic mass is 79.9. The van der Waals surface area contributed by atoms with Gasteiger partial charge in [0, 0.05) is 17.0 Å². The third-order valence-electron chi connectivity index (χ3n) is 1.81. The van der Waals surface area contributed by atoms with Gasteiger partial charge in [0.2, 0.25) is 0 Å². The minimum atomic E-state index is -0.578. The smallest absolute Gasteiger partial charge is 0.147 e. The minimum Gasteiger partial charge on any atom is -0.298 e. The van der Waals surface area contributed by atoms with Gasteiger partial charge in [0.05, 0.1) is 5.33 Å². The number of ketones is 1. The lowest BCUT2D eigenvalue weighted by molar-refractivity contribution is -0.115. The maximum atomic E-state index is 12.3. The molecule has 0 N–H and O–H groups in total. The Morgan fingerprint density at radius 2 is 2.21 bits per heavy atom. The lowest BCUT2D eigenvalue weighted by Gasteiger charge is -2.02. The molecule has 0 radical (unpaired) electrons. The quantitative estimate of drug-likeness (QED) is 0.773. The van der Waals surface area contributed by atoms with Gasteiger partial charge in [0.15, 0.2) is 0 Å². The molecule has 1 aromatic carbocycles. The van der Waals surface area contributed by atoms with E-state index in [0.717, 1.165) is 5.56 Å². The normalized spacial score (nSPS) is 10.2. The highest BCUT2D eigenvalue weighted by Gasteiger charge is 2.05. The molecule has 76 valence electrons. The maximum absolute atomic E-state index is 12.3. The minimum absolute atomic E-state index is 0.0778. The third kappa shape index (κ3) is 3.07. The van der Waals surface area contributed by atoms with E-state index in [0.29, 0.717) is 22.3 Å². The summed E-state index contributed by atoms with van der Waals surface area (Å²) >= 11 is 8.87. The molecule has 0 heterocycles. The van der Waals surface area contributed by atoms with Gasteiger partial charge in [-0.3, -0.25) is 4.79 Å². The average molecular weight is 280 g/mol. The number of benzene rings is 1. The summed E-state index contributed by atoms with van der Waals surface area (Å²) < 4.78 is 12.3. The highest BCUT2D eigenvalue weighted by molar-refractivity contribution is 9.09. The monoisotopic (exact) mass is 278 g/mol. The van der Waals surface area contributed by atoms with Crippen molar-refractivity contribution in [3.63, 3.8) is 0 Å². The predicted molar refractivity (Wildman–Crippen MR) is 58.8 cm³/mol. The van der Waals surface area contributed by atoms with Crippen molar-refractivity contribution in [3.05, 3.63) is 34.3 Å². The van der Waals surface area contributed by atoms with Crippen LogP contribution in [0.15, 0.2) is 18.2 Å². The van der Waals surface area contributed by atoms with Gasteiger partial charge in [-0.1, -0.05) is 39.7 Å². The predicted octanol–water partition coefficient (Wildman–Crippen LogP) is 3.32. The van der Waals surface area contributed by atoms with Crippen molar-refractivity contribution in [1.82, 2.24) is 0 Å². The van der Waals surface area contributed by atoms with Crippen LogP contribution >= 0.6 is 27.5 Å². The molecule has 0 aromatic heterocycles. The maximum Gasteiger partial charge on any atom is 0.147 e. The second kappa shape index (κ2) is 5.47. The van der Waals surface area contributed by atoms with Crippen molar-refractivity contribution >= 4 is 33.3 Å². The van der Waals surface area contributed by atoms with Crippen molar-refractivity contribution in [2.75, 3.05) is 5.33 Å². The van der Waals surface area contributed by atoms with Crippen LogP contribution < -0.4 is 0 Å². The van der Waals surface area contributed by atoms with Crippen LogP contribution in [-0.2, 0) is 17.9 Å². The summed E-state index contributed by atoms with van der Waals surface area (Å²) in [5.41, 5.74) is 1.28. The van der Waals surface area contributed by atoms with Gasteiger partial charge in [-0.15, -0.1) is 0 Å². The summed E-state index contributed by atoms with van der Waals surface area (Å²) in [6.07, 6.45) is 0.331. The first-order valence-corrected chi connectivity index (χ1v) is 5.58. The molecule has 1 rings (SSSR count). The Bertz CT molecular complexity index is 341. The van der Waals surface area contributed by atoms with Crippen LogP contribution in [0.5, 0.6) is 0 Å². The summed E-state index contributed by atoms with van der Waals surface area (Å²) in [4.78, 5) is 11.1. The molecule has 0 aliphatic heterocycles. The number of halogens is 3. The van der Waals surface area contributed by atoms with Crippen molar-refractivity contribution in [3.8, 4) is 0 Å². The SMILES string of the molecule is O=C(CBr)Cc1ccc(CF)c(Cl)c1. The summed E-state index contributed by atoms with van der Waals surface area (Å²) in [5.74, 6) is 0.0778. The lowest BCUT2D eigenvalue weighted by Crippen LogP contribution is -2.03. The fourth-order valence-corrected chi connectivity index (χ4v) is 1.54. The molecule has 0 atom stereocenters. The number of hydrogen-bond acceptors (Lipinski definition) is 1. The Balaban J connectivity index is 2.81. The Morgan fingerprint density at radius 3 is 2.71 bits per heavy atom. The third-order valence-corrected chi connectivity index (χ3v) is 2.79. The van der Waals surface area contributed by atoms with Crippen LogP contribution in [0.1, 0.15) is 11.1 Å². The fourth-order valence-electron chi connectivity index (χ4n) is 1.08. The van der Waals surface area contributed by atoms with E-state index in [4.69, 9.17) is 11.6 Å². The molecule has 0 amide bonds. The molecule has 0 unspecified atom stereocenters. The zero-order valence-electron chi connectivity index (χ0n) is 7.40. The molecule has 0 spiro atoms. The number of hydrogen-bond donors (Lipinski definition) is 0. The number of alkyl halides is 2. The zero-order valence-corrected chi connectivity index (χ0v) is 9.74. The van der Waals surface area contributed by atoms with E-state index >= 15 is 0 Å². The van der Waals surface area contributed by atoms with E-state index in [2.05, 4.69) is 15.9 Å². The van der Waals surface area contributed by atoms with Crippen molar-refractivity contribution in [2.24, 2.45) is 0 Å². The van der Waals surface area contributed by atoms with Crippen LogP contribution in [0.4, 0.5) is 4.39 Å². The van der Waals surface area contributed by atoms with Crippen LogP contribution in [0, 0.1) is 0 Å². The fraction of sp³-hybridized carbons (Fsp3) is 0.300. The Morgan fingerprint density at radius 1 is 1.50 bits per heavy atom. The van der Waals surface area contributed by atoms with Gasteiger partial charge in [0.1, 0.15) is 12.5 Å². The van der Waals surface area contributed by atoms with Gasteiger partial charge in [-0.25, -0.2) is 4.39 Å². The molecule has 0 saturated heterocycles. The van der Waals surface area contributed by atoms with Gasteiger partial charge in [-0.2, -0.15) is 0 Å². The van der Waals surface area contributed by atoms with Crippen molar-refractivity contribution in [2.45, 2.75) is 13.1 Å². The molecule has 14 heavy (non-hydrogen) atoms. The van der Waals surface area contributed by atoms with Crippen molar-refractivity contribution in [1.29, 1.82) is 0 Å². The molecule has 1 nitrogen and oxygen atoms in total. The number of carbonyl (C=O) groups excluding carboxylic acids is 1. The molecular weight excluding hydrogens is 270 g/mol. The van der Waals surface area contributed by atoms with E-state index in [1.807, 2.05) is 0 Å². The Kier molecular flexibility index (Phi) is 4.55. The first-order valence-electron chi connectivity index (χ1n) is 4.08. The summed E-state index contributed by atoms with van der Waals surface area (Å²) in [6, 6.07) is 4.97. The van der Waals surface area contributed by atoms with Crippen molar-refractivity contribution < 1.29 is 9.18 Å². The average Bonchev–Trinajstić information content (AvgIpc) is 2.18. The molecule has 0 saturated carbocycles. The van der Waals surface area contributed by atoms with Crippen LogP contribution in [0.2, 0.25) is 5.02 Å². The summed E-state index contributed by atoms with van der Waals surface area (Å²) in [6.45, 7) is -0.578. The molecule has 0 aliphatic rings. The standard InChI is InChI=1S/C10H9BrClFO/c11-5-9(14)3-7-1-2-8(6-13)10(12)4-7/h1-2,4H,3,5-6H2. The number of rotatable bonds is 4. The molecule has 0 aliphatic carbocycles. The second-order valence-electron chi connectivity index (χ2n) is 2.91. The van der Waals surface area contributed by atoms with Gasteiger partial charge >= 0.3 is 0 Å². The first kappa shape index (κ1) is 11.7. The van der Waals surface area contributed by atoms with Gasteiger partial charge in [-0.05, 0) is 11.6 Å². The van der Waals surface area contributed by atoms with E-state index in [1.165, 1.54) is 0 Å². The molecule has 1 aromatic rings. The highest BCUT2D eigenvalue weighted by Crippen LogP contribution is 2.19. The van der Waals surface area contributed by atoms with E-state index in [-0.39, 0.29) is 5.78 Å². The topological polar surface area (TPSA) is 17.1 Å². The molecule has 0 fully saturated rings. The van der Waals surface area contributed by atoms with Crippen LogP contribution in [0.3, 0.4) is 0 Å². The lowest BCUT2D eigenvalue weighted by atomic mass is 10.1. The van der Waals surface area contributed by atoms with Crippen LogP contribution in [0.25, 0.3) is 0 Å². The largest absolute Gasteiger partial charge is 0.298 e. The Hall–Kier alpha value is -0.410.